The molecule has 0 aliphatic carbocycles. The number of nitrogens with one attached hydrogen (secondary N) is 2. The summed E-state index contributed by atoms with van der Waals surface area (Å²) in [5.41, 5.74) is 1.72. The Kier molecular flexibility index (Phi) is 7.39. The average molecular weight is 466 g/mol. The number of hydrogen-bond acceptors (Lipinski definition) is 5. The molecule has 172 valence electrons. The number of carbonyl (C=O) groups excluding carboxylic acids is 1. The summed E-state index contributed by atoms with van der Waals surface area (Å²) in [5.74, 6) is -0.266. The molecule has 1 aliphatic rings. The van der Waals surface area contributed by atoms with Gasteiger partial charge in [0, 0.05) is 30.9 Å². The van der Waals surface area contributed by atoms with Gasteiger partial charge in [-0.2, -0.15) is 0 Å². The number of hydrogen-bond donors (Lipinski definition) is 2. The molecule has 8 heteroatoms. The minimum atomic E-state index is -3.74. The van der Waals surface area contributed by atoms with Gasteiger partial charge in [0.15, 0.2) is 0 Å². The lowest BCUT2D eigenvalue weighted by molar-refractivity contribution is 0.0332. The topological polar surface area (TPSA) is 87.7 Å². The average Bonchev–Trinajstić information content (AvgIpc) is 2.85. The van der Waals surface area contributed by atoms with Crippen molar-refractivity contribution in [2.45, 2.75) is 10.9 Å². The normalized spacial score (nSPS) is 15.5. The zero-order valence-corrected chi connectivity index (χ0v) is 19.0. The Bertz CT molecular complexity index is 1160. The Hall–Kier alpha value is -3.20. The van der Waals surface area contributed by atoms with E-state index in [9.17, 15) is 13.2 Å². The highest BCUT2D eigenvalue weighted by molar-refractivity contribution is 7.92. The number of nitrogens with zero attached hydrogens (tertiary/aromatic N) is 1. The van der Waals surface area contributed by atoms with E-state index in [0.717, 1.165) is 18.7 Å². The number of carbonyl (C=O) groups is 1. The van der Waals surface area contributed by atoms with Crippen LogP contribution in [0.3, 0.4) is 0 Å². The lowest BCUT2D eigenvalue weighted by Gasteiger charge is -2.31. The molecule has 1 atom stereocenters. The molecule has 4 rings (SSSR count). The molecule has 0 saturated carbocycles. The van der Waals surface area contributed by atoms with E-state index in [4.69, 9.17) is 4.74 Å². The fourth-order valence-corrected chi connectivity index (χ4v) is 4.81. The van der Waals surface area contributed by atoms with Gasteiger partial charge in [0.05, 0.1) is 24.2 Å². The summed E-state index contributed by atoms with van der Waals surface area (Å²) in [6.45, 7) is 3.66. The van der Waals surface area contributed by atoms with Gasteiger partial charge >= 0.3 is 0 Å². The zero-order valence-electron chi connectivity index (χ0n) is 18.2. The maximum Gasteiger partial charge on any atom is 0.261 e. The molecule has 3 aromatic rings. The summed E-state index contributed by atoms with van der Waals surface area (Å²) in [6.07, 6.45) is 0. The summed E-state index contributed by atoms with van der Waals surface area (Å²) in [7, 11) is -3.74. The minimum absolute atomic E-state index is 0.162. The van der Waals surface area contributed by atoms with Crippen LogP contribution in [0.1, 0.15) is 22.0 Å². The molecular formula is C25H27N3O4S. The van der Waals surface area contributed by atoms with Crippen molar-refractivity contribution in [1.29, 1.82) is 0 Å². The van der Waals surface area contributed by atoms with Crippen LogP contribution in [0.2, 0.25) is 0 Å². The second-order valence-electron chi connectivity index (χ2n) is 7.85. The smallest absolute Gasteiger partial charge is 0.261 e. The van der Waals surface area contributed by atoms with Crippen LogP contribution >= 0.6 is 0 Å². The fraction of sp³-hybridized carbons (Fsp3) is 0.240. The van der Waals surface area contributed by atoms with Crippen LogP contribution in [0.25, 0.3) is 0 Å². The first-order valence-electron chi connectivity index (χ1n) is 10.9. The third-order valence-electron chi connectivity index (χ3n) is 5.48. The minimum Gasteiger partial charge on any atom is -0.379 e. The Balaban J connectivity index is 1.50. The van der Waals surface area contributed by atoms with Crippen molar-refractivity contribution in [2.24, 2.45) is 0 Å². The highest BCUT2D eigenvalue weighted by atomic mass is 32.2. The third kappa shape index (κ3) is 6.19. The number of sulfonamides is 1. The number of morpholine rings is 1. The van der Waals surface area contributed by atoms with Crippen LogP contribution in [0.4, 0.5) is 5.69 Å². The first-order chi connectivity index (χ1) is 16.0. The Labute approximate surface area is 194 Å². The van der Waals surface area contributed by atoms with Crippen LogP contribution in [0.15, 0.2) is 89.8 Å². The number of benzene rings is 3. The predicted molar refractivity (Wildman–Crippen MR) is 128 cm³/mol. The fourth-order valence-electron chi connectivity index (χ4n) is 3.74. The molecule has 0 radical (unpaired) electrons. The number of anilines is 1. The molecule has 3 aromatic carbocycles. The number of ether oxygens (including phenoxy) is 1. The lowest BCUT2D eigenvalue weighted by atomic mass is 10.1. The predicted octanol–water partition coefficient (Wildman–Crippen LogP) is 3.29. The van der Waals surface area contributed by atoms with Gasteiger partial charge in [-0.05, 0) is 35.9 Å². The molecule has 1 saturated heterocycles. The third-order valence-corrected chi connectivity index (χ3v) is 6.88. The van der Waals surface area contributed by atoms with Gasteiger partial charge in [0.2, 0.25) is 0 Å². The van der Waals surface area contributed by atoms with E-state index in [0.29, 0.717) is 31.0 Å². The molecule has 7 nitrogen and oxygen atoms in total. The van der Waals surface area contributed by atoms with Gasteiger partial charge in [-0.3, -0.25) is 14.4 Å². The zero-order chi connectivity index (χ0) is 23.1. The molecule has 0 unspecified atom stereocenters. The first-order valence-corrected chi connectivity index (χ1v) is 12.3. The lowest BCUT2D eigenvalue weighted by Crippen LogP contribution is -2.43. The van der Waals surface area contributed by atoms with Gasteiger partial charge in [-0.25, -0.2) is 8.42 Å². The molecule has 2 N–H and O–H groups in total. The highest BCUT2D eigenvalue weighted by Gasteiger charge is 2.21. The molecule has 0 bridgehead atoms. The van der Waals surface area contributed by atoms with E-state index < -0.39 is 10.0 Å². The maximum atomic E-state index is 13.1. The SMILES string of the molecule is O=C(N[C@@H](CN1CCOCC1)c1ccccc1)c1cccc(NS(=O)(=O)c2ccccc2)c1. The van der Waals surface area contributed by atoms with Crippen LogP contribution in [-0.2, 0) is 14.8 Å². The summed E-state index contributed by atoms with van der Waals surface area (Å²) >= 11 is 0. The summed E-state index contributed by atoms with van der Waals surface area (Å²) in [6, 6.07) is 24.3. The van der Waals surface area contributed by atoms with E-state index in [1.165, 1.54) is 12.1 Å². The quantitative estimate of drug-likeness (QED) is 0.533. The van der Waals surface area contributed by atoms with E-state index in [2.05, 4.69) is 14.9 Å². The van der Waals surface area contributed by atoms with Crippen molar-refractivity contribution in [3.05, 3.63) is 96.1 Å². The first kappa shape index (κ1) is 23.0. The van der Waals surface area contributed by atoms with Crippen molar-refractivity contribution in [2.75, 3.05) is 37.6 Å². The van der Waals surface area contributed by atoms with E-state index in [1.807, 2.05) is 30.3 Å². The summed E-state index contributed by atoms with van der Waals surface area (Å²) in [4.78, 5) is 15.6. The second-order valence-corrected chi connectivity index (χ2v) is 9.53. The molecule has 1 amide bonds. The van der Waals surface area contributed by atoms with E-state index >= 15 is 0 Å². The van der Waals surface area contributed by atoms with Gasteiger partial charge < -0.3 is 10.1 Å². The molecule has 1 heterocycles. The Morgan fingerprint density at radius 2 is 1.58 bits per heavy atom. The van der Waals surface area contributed by atoms with E-state index in [-0.39, 0.29) is 16.8 Å². The Morgan fingerprint density at radius 3 is 2.27 bits per heavy atom. The van der Waals surface area contributed by atoms with Crippen LogP contribution < -0.4 is 10.0 Å². The largest absolute Gasteiger partial charge is 0.379 e. The molecule has 0 spiro atoms. The van der Waals surface area contributed by atoms with Crippen LogP contribution in [-0.4, -0.2) is 52.1 Å². The summed E-state index contributed by atoms with van der Waals surface area (Å²) in [5, 5.41) is 3.12. The van der Waals surface area contributed by atoms with Gasteiger partial charge in [0.25, 0.3) is 15.9 Å². The molecule has 33 heavy (non-hydrogen) atoms. The standard InChI is InChI=1S/C25H27N3O4S/c29-25(26-24(20-8-3-1-4-9-20)19-28-14-16-32-17-15-28)21-10-7-11-22(18-21)27-33(30,31)23-12-5-2-6-13-23/h1-13,18,24,27H,14-17,19H2,(H,26,29)/t24-/m0/s1. The van der Waals surface area contributed by atoms with Crippen molar-refractivity contribution in [1.82, 2.24) is 10.2 Å². The number of amides is 1. The van der Waals surface area contributed by atoms with Gasteiger partial charge in [0.1, 0.15) is 0 Å². The monoisotopic (exact) mass is 465 g/mol. The van der Waals surface area contributed by atoms with Crippen molar-refractivity contribution >= 4 is 21.6 Å². The molecule has 1 fully saturated rings. The van der Waals surface area contributed by atoms with Crippen molar-refractivity contribution in [3.8, 4) is 0 Å². The van der Waals surface area contributed by atoms with Crippen LogP contribution in [0, 0.1) is 0 Å². The van der Waals surface area contributed by atoms with Gasteiger partial charge in [-0.1, -0.05) is 54.6 Å². The van der Waals surface area contributed by atoms with Gasteiger partial charge in [-0.15, -0.1) is 0 Å². The second kappa shape index (κ2) is 10.6. The maximum absolute atomic E-state index is 13.1. The van der Waals surface area contributed by atoms with Crippen LogP contribution in [0.5, 0.6) is 0 Å². The number of rotatable bonds is 8. The molecule has 1 aliphatic heterocycles. The molecule has 0 aromatic heterocycles. The van der Waals surface area contributed by atoms with Crippen molar-refractivity contribution in [3.63, 3.8) is 0 Å². The molecular weight excluding hydrogens is 438 g/mol. The highest BCUT2D eigenvalue weighted by Crippen LogP contribution is 2.19. The van der Waals surface area contributed by atoms with E-state index in [1.54, 1.807) is 42.5 Å². The Morgan fingerprint density at radius 1 is 0.909 bits per heavy atom. The summed E-state index contributed by atoms with van der Waals surface area (Å²) < 4.78 is 33.3. The van der Waals surface area contributed by atoms with Crippen molar-refractivity contribution < 1.29 is 17.9 Å².